The first-order chi connectivity index (χ1) is 11.4. The maximum Gasteiger partial charge on any atom is 0.246 e. The van der Waals surface area contributed by atoms with Gasteiger partial charge in [0, 0.05) is 11.4 Å². The summed E-state index contributed by atoms with van der Waals surface area (Å²) in [5, 5.41) is 3.65. The zero-order chi connectivity index (χ0) is 17.3. The van der Waals surface area contributed by atoms with Crippen LogP contribution in [0.2, 0.25) is 0 Å². The molecule has 0 saturated carbocycles. The highest BCUT2D eigenvalue weighted by Crippen LogP contribution is 2.22. The van der Waals surface area contributed by atoms with Gasteiger partial charge in [-0.2, -0.15) is 0 Å². The molecular weight excluding hydrogens is 352 g/mol. The van der Waals surface area contributed by atoms with Crippen LogP contribution >= 0.6 is 11.3 Å². The number of carbonyl (C=O) groups is 1. The van der Waals surface area contributed by atoms with E-state index in [0.29, 0.717) is 15.4 Å². The summed E-state index contributed by atoms with van der Waals surface area (Å²) in [7, 11) is -3.73. The van der Waals surface area contributed by atoms with Crippen molar-refractivity contribution in [2.75, 3.05) is 0 Å². The molecule has 0 unspecified atom stereocenters. The third-order valence-electron chi connectivity index (χ3n) is 3.30. The highest BCUT2D eigenvalue weighted by atomic mass is 32.2. The van der Waals surface area contributed by atoms with E-state index in [2.05, 4.69) is 9.88 Å². The smallest absolute Gasteiger partial charge is 0.246 e. The Morgan fingerprint density at radius 3 is 2.71 bits per heavy atom. The van der Waals surface area contributed by atoms with Gasteiger partial charge in [-0.1, -0.05) is 5.16 Å². The molecule has 24 heavy (non-hydrogen) atoms. The van der Waals surface area contributed by atoms with E-state index in [1.54, 1.807) is 38.1 Å². The van der Waals surface area contributed by atoms with Crippen LogP contribution < -0.4 is 4.72 Å². The van der Waals surface area contributed by atoms with Crippen molar-refractivity contribution in [3.05, 3.63) is 57.5 Å². The largest absolute Gasteiger partial charge is 0.461 e. The van der Waals surface area contributed by atoms with E-state index < -0.39 is 10.0 Å². The van der Waals surface area contributed by atoms with Crippen molar-refractivity contribution in [1.29, 1.82) is 0 Å². The molecular formula is C15H14N2O5S2. The van der Waals surface area contributed by atoms with Gasteiger partial charge in [0.2, 0.25) is 15.8 Å². The molecule has 0 aliphatic heterocycles. The zero-order valence-corrected chi connectivity index (χ0v) is 14.5. The monoisotopic (exact) mass is 366 g/mol. The molecule has 0 spiro atoms. The first-order valence-electron chi connectivity index (χ1n) is 6.98. The van der Waals surface area contributed by atoms with Gasteiger partial charge >= 0.3 is 0 Å². The third-order valence-corrected chi connectivity index (χ3v) is 6.03. The topological polar surface area (TPSA) is 102 Å². The number of ketones is 1. The Kier molecular flexibility index (Phi) is 4.39. The molecule has 0 aliphatic carbocycles. The number of hydrogen-bond donors (Lipinski definition) is 1. The molecule has 0 fully saturated rings. The van der Waals surface area contributed by atoms with E-state index in [1.165, 1.54) is 17.6 Å². The van der Waals surface area contributed by atoms with Gasteiger partial charge in [-0.15, -0.1) is 11.3 Å². The number of sulfonamides is 1. The highest BCUT2D eigenvalue weighted by Gasteiger charge is 2.24. The van der Waals surface area contributed by atoms with Crippen LogP contribution in [0.4, 0.5) is 0 Å². The van der Waals surface area contributed by atoms with Crippen molar-refractivity contribution < 1.29 is 22.2 Å². The molecule has 0 amide bonds. The molecule has 0 bridgehead atoms. The number of hydrogen-bond acceptors (Lipinski definition) is 7. The Balaban J connectivity index is 1.73. The van der Waals surface area contributed by atoms with Crippen LogP contribution in [0, 0.1) is 13.8 Å². The van der Waals surface area contributed by atoms with Crippen LogP contribution in [0.5, 0.6) is 0 Å². The van der Waals surface area contributed by atoms with Crippen LogP contribution in [0.1, 0.15) is 31.8 Å². The average molecular weight is 366 g/mol. The first kappa shape index (κ1) is 16.6. The van der Waals surface area contributed by atoms with Gasteiger partial charge in [0.05, 0.1) is 11.1 Å². The molecule has 3 aromatic rings. The van der Waals surface area contributed by atoms with E-state index >= 15 is 0 Å². The maximum absolute atomic E-state index is 12.3. The Labute approximate surface area is 142 Å². The minimum Gasteiger partial charge on any atom is -0.461 e. The molecule has 3 heterocycles. The highest BCUT2D eigenvalue weighted by molar-refractivity contribution is 7.89. The Morgan fingerprint density at radius 1 is 1.29 bits per heavy atom. The van der Waals surface area contributed by atoms with Crippen LogP contribution in [-0.2, 0) is 16.6 Å². The Hall–Kier alpha value is -2.23. The molecule has 0 aromatic carbocycles. The van der Waals surface area contributed by atoms with Gasteiger partial charge in [-0.25, -0.2) is 13.1 Å². The van der Waals surface area contributed by atoms with Crippen LogP contribution in [0.3, 0.4) is 0 Å². The molecule has 126 valence electrons. The van der Waals surface area contributed by atoms with Crippen molar-refractivity contribution in [3.63, 3.8) is 0 Å². The van der Waals surface area contributed by atoms with Gasteiger partial charge in [-0.05, 0) is 38.1 Å². The summed E-state index contributed by atoms with van der Waals surface area (Å²) in [6, 6.07) is 6.58. The molecule has 0 atom stereocenters. The predicted octanol–water partition coefficient (Wildman–Crippen LogP) is 2.66. The summed E-state index contributed by atoms with van der Waals surface area (Å²) in [5.41, 5.74) is 0.305. The van der Waals surface area contributed by atoms with E-state index in [1.807, 2.05) is 0 Å². The van der Waals surface area contributed by atoms with E-state index in [0.717, 1.165) is 0 Å². The van der Waals surface area contributed by atoms with E-state index in [9.17, 15) is 13.2 Å². The minimum absolute atomic E-state index is 0.0472. The summed E-state index contributed by atoms with van der Waals surface area (Å²) in [6.45, 7) is 3.18. The van der Waals surface area contributed by atoms with Gasteiger partial charge in [-0.3, -0.25) is 4.79 Å². The summed E-state index contributed by atoms with van der Waals surface area (Å²) in [5.74, 6) is 0.254. The SMILES string of the molecule is Cc1noc(C)c1S(=O)(=O)NCc1ccc(C(=O)c2ccco2)s1. The maximum atomic E-state index is 12.3. The van der Waals surface area contributed by atoms with Crippen molar-refractivity contribution in [1.82, 2.24) is 9.88 Å². The molecule has 7 nitrogen and oxygen atoms in total. The fraction of sp³-hybridized carbons (Fsp3) is 0.200. The summed E-state index contributed by atoms with van der Waals surface area (Å²) >= 11 is 1.21. The predicted molar refractivity (Wildman–Crippen MR) is 86.5 cm³/mol. The second-order valence-electron chi connectivity index (χ2n) is 5.05. The number of nitrogens with one attached hydrogen (secondary N) is 1. The van der Waals surface area contributed by atoms with E-state index in [4.69, 9.17) is 8.94 Å². The number of aryl methyl sites for hydroxylation is 2. The van der Waals surface area contributed by atoms with Crippen LogP contribution in [0.15, 0.2) is 44.4 Å². The number of furan rings is 1. The van der Waals surface area contributed by atoms with Crippen LogP contribution in [0.25, 0.3) is 0 Å². The summed E-state index contributed by atoms with van der Waals surface area (Å²) in [4.78, 5) is 13.4. The second kappa shape index (κ2) is 6.34. The number of aromatic nitrogens is 1. The lowest BCUT2D eigenvalue weighted by molar-refractivity contribution is 0.101. The van der Waals surface area contributed by atoms with Crippen molar-refractivity contribution >= 4 is 27.1 Å². The lowest BCUT2D eigenvalue weighted by Gasteiger charge is -2.04. The molecule has 0 radical (unpaired) electrons. The molecule has 3 aromatic heterocycles. The average Bonchev–Trinajstić information content (AvgIpc) is 3.25. The molecule has 3 rings (SSSR count). The lowest BCUT2D eigenvalue weighted by Crippen LogP contribution is -2.23. The lowest BCUT2D eigenvalue weighted by atomic mass is 10.2. The van der Waals surface area contributed by atoms with Gasteiger partial charge in [0.1, 0.15) is 10.6 Å². The van der Waals surface area contributed by atoms with Gasteiger partial charge < -0.3 is 8.94 Å². The second-order valence-corrected chi connectivity index (χ2v) is 7.92. The van der Waals surface area contributed by atoms with Crippen molar-refractivity contribution in [2.45, 2.75) is 25.3 Å². The quantitative estimate of drug-likeness (QED) is 0.673. The van der Waals surface area contributed by atoms with Crippen LogP contribution in [-0.4, -0.2) is 19.4 Å². The first-order valence-corrected chi connectivity index (χ1v) is 9.28. The normalized spacial score (nSPS) is 11.8. The molecule has 1 N–H and O–H groups in total. The fourth-order valence-corrected chi connectivity index (χ4v) is 4.54. The summed E-state index contributed by atoms with van der Waals surface area (Å²) in [6.07, 6.45) is 1.43. The Morgan fingerprint density at radius 2 is 2.08 bits per heavy atom. The molecule has 9 heteroatoms. The molecule has 0 saturated heterocycles. The van der Waals surface area contributed by atoms with Gasteiger partial charge in [0.15, 0.2) is 11.5 Å². The Bertz CT molecular complexity index is 948. The van der Waals surface area contributed by atoms with Crippen molar-refractivity contribution in [3.8, 4) is 0 Å². The zero-order valence-electron chi connectivity index (χ0n) is 12.9. The number of carbonyl (C=O) groups excluding carboxylic acids is 1. The standard InChI is InChI=1S/C15H14N2O5S2/c1-9-15(10(2)22-17-9)24(19,20)16-8-11-5-6-13(23-11)14(18)12-4-3-7-21-12/h3-7,16H,8H2,1-2H3. The summed E-state index contributed by atoms with van der Waals surface area (Å²) < 4.78 is 37.2. The minimum atomic E-state index is -3.73. The number of nitrogens with zero attached hydrogens (tertiary/aromatic N) is 1. The molecule has 0 aliphatic rings. The van der Waals surface area contributed by atoms with Gasteiger partial charge in [0.25, 0.3) is 0 Å². The fourth-order valence-electron chi connectivity index (χ4n) is 2.22. The number of rotatable bonds is 6. The van der Waals surface area contributed by atoms with E-state index in [-0.39, 0.29) is 28.7 Å². The number of thiophene rings is 1. The third kappa shape index (κ3) is 3.18. The van der Waals surface area contributed by atoms with Crippen molar-refractivity contribution in [2.24, 2.45) is 0 Å².